The molecule has 0 unspecified atom stereocenters. The lowest BCUT2D eigenvalue weighted by Crippen LogP contribution is -2.16. The van der Waals surface area contributed by atoms with E-state index in [1.807, 2.05) is 26.0 Å². The molecular weight excluding hydrogens is 394 g/mol. The van der Waals surface area contributed by atoms with Crippen molar-refractivity contribution in [2.75, 3.05) is 25.4 Å². The molecule has 0 saturated carbocycles. The lowest BCUT2D eigenvalue weighted by Gasteiger charge is -2.07. The number of nitrogens with zero attached hydrogens (tertiary/aromatic N) is 5. The molecule has 0 aliphatic heterocycles. The van der Waals surface area contributed by atoms with E-state index < -0.39 is 0 Å². The molecule has 10 nitrogen and oxygen atoms in total. The van der Waals surface area contributed by atoms with E-state index >= 15 is 0 Å². The largest absolute Gasteiger partial charge is 0.493 e. The van der Waals surface area contributed by atoms with Gasteiger partial charge in [0.2, 0.25) is 11.1 Å². The van der Waals surface area contributed by atoms with Crippen LogP contribution in [0, 0.1) is 13.8 Å². The molecule has 0 atom stereocenters. The van der Waals surface area contributed by atoms with Gasteiger partial charge in [-0.2, -0.15) is 15.2 Å². The lowest BCUT2D eigenvalue weighted by molar-refractivity contribution is 0.0924. The third kappa shape index (κ3) is 5.13. The fourth-order valence-corrected chi connectivity index (χ4v) is 3.17. The molecule has 0 aliphatic rings. The molecule has 3 rings (SSSR count). The quantitative estimate of drug-likeness (QED) is 0.327. The maximum absolute atomic E-state index is 12.2. The number of benzene rings is 1. The minimum absolute atomic E-state index is 0.133. The van der Waals surface area contributed by atoms with Gasteiger partial charge in [-0.15, -0.1) is 5.10 Å². The van der Waals surface area contributed by atoms with Gasteiger partial charge < -0.3 is 9.47 Å². The monoisotopic (exact) mass is 415 g/mol. The summed E-state index contributed by atoms with van der Waals surface area (Å²) in [5.74, 6) is 1.66. The van der Waals surface area contributed by atoms with Crippen LogP contribution in [-0.4, -0.2) is 57.1 Å². The molecule has 29 heavy (non-hydrogen) atoms. The van der Waals surface area contributed by atoms with Crippen LogP contribution in [-0.2, 0) is 0 Å². The first-order valence-corrected chi connectivity index (χ1v) is 9.61. The fourth-order valence-electron chi connectivity index (χ4n) is 2.53. The van der Waals surface area contributed by atoms with Crippen molar-refractivity contribution in [3.05, 3.63) is 41.2 Å². The fraction of sp³-hybridized carbons (Fsp3) is 0.278. The second kappa shape index (κ2) is 9.24. The number of H-pyrrole nitrogens is 1. The van der Waals surface area contributed by atoms with Crippen LogP contribution in [0.3, 0.4) is 0 Å². The Hall–Kier alpha value is -3.34. The Kier molecular flexibility index (Phi) is 6.50. The number of thioether (sulfide) groups is 1. The summed E-state index contributed by atoms with van der Waals surface area (Å²) in [6.07, 6.45) is 1.61. The Morgan fingerprint density at radius 2 is 2.07 bits per heavy atom. The summed E-state index contributed by atoms with van der Waals surface area (Å²) >= 11 is 1.21. The molecule has 0 spiro atoms. The van der Waals surface area contributed by atoms with E-state index in [9.17, 15) is 4.79 Å². The molecule has 0 fully saturated rings. The molecule has 0 amide bonds. The molecule has 0 saturated heterocycles. The summed E-state index contributed by atoms with van der Waals surface area (Å²) < 4.78 is 11.9. The van der Waals surface area contributed by atoms with Crippen LogP contribution in [0.15, 0.2) is 34.5 Å². The number of aromatic amines is 1. The highest BCUT2D eigenvalue weighted by molar-refractivity contribution is 7.99. The average Bonchev–Trinajstić information content (AvgIpc) is 3.31. The summed E-state index contributed by atoms with van der Waals surface area (Å²) in [7, 11) is 3.15. The van der Waals surface area contributed by atoms with Crippen molar-refractivity contribution in [2.24, 2.45) is 5.10 Å². The van der Waals surface area contributed by atoms with E-state index in [-0.39, 0.29) is 11.7 Å². The number of ether oxygens (including phenoxy) is 2. The molecule has 0 aliphatic carbocycles. The van der Waals surface area contributed by atoms with E-state index in [2.05, 4.69) is 30.8 Å². The third-order valence-corrected chi connectivity index (χ3v) is 4.66. The van der Waals surface area contributed by atoms with Crippen molar-refractivity contribution in [3.63, 3.8) is 0 Å². The van der Waals surface area contributed by atoms with Gasteiger partial charge in [-0.05, 0) is 43.7 Å². The molecular formula is C18H21N7O3S. The SMILES string of the molecule is COc1ccc(/C=N\Nc2nc(SCC(=O)n3nc(C)cc3C)n[nH]2)cc1OC. The number of aromatic nitrogens is 5. The zero-order chi connectivity index (χ0) is 20.8. The molecule has 0 bridgehead atoms. The topological polar surface area (TPSA) is 119 Å². The second-order valence-corrected chi connectivity index (χ2v) is 6.91. The van der Waals surface area contributed by atoms with Crippen LogP contribution in [0.1, 0.15) is 21.7 Å². The van der Waals surface area contributed by atoms with Gasteiger partial charge in [0, 0.05) is 5.69 Å². The van der Waals surface area contributed by atoms with E-state index in [0.29, 0.717) is 22.6 Å². The maximum Gasteiger partial charge on any atom is 0.257 e. The van der Waals surface area contributed by atoms with Crippen molar-refractivity contribution in [1.82, 2.24) is 25.0 Å². The van der Waals surface area contributed by atoms with E-state index in [4.69, 9.17) is 9.47 Å². The number of carbonyl (C=O) groups excluding carboxylic acids is 1. The first-order valence-electron chi connectivity index (χ1n) is 8.63. The Morgan fingerprint density at radius 3 is 2.76 bits per heavy atom. The number of rotatable bonds is 8. The van der Waals surface area contributed by atoms with Gasteiger partial charge in [0.15, 0.2) is 11.5 Å². The standard InChI is InChI=1S/C18H21N7O3S/c1-11-7-12(2)25(24-11)16(26)10-29-18-20-17(22-23-18)21-19-9-13-5-6-14(27-3)15(8-13)28-4/h5-9H,10H2,1-4H3,(H2,20,21,22,23)/b19-9-. The van der Waals surface area contributed by atoms with Crippen LogP contribution < -0.4 is 14.9 Å². The highest BCUT2D eigenvalue weighted by Gasteiger charge is 2.12. The molecule has 0 radical (unpaired) electrons. The zero-order valence-electron chi connectivity index (χ0n) is 16.5. The second-order valence-electron chi connectivity index (χ2n) is 5.97. The summed E-state index contributed by atoms with van der Waals surface area (Å²) in [5, 5.41) is 15.5. The number of hydrazone groups is 1. The van der Waals surface area contributed by atoms with Crippen LogP contribution in [0.5, 0.6) is 11.5 Å². The summed E-state index contributed by atoms with van der Waals surface area (Å²) in [4.78, 5) is 16.5. The van der Waals surface area contributed by atoms with Crippen molar-refractivity contribution < 1.29 is 14.3 Å². The van der Waals surface area contributed by atoms with Gasteiger partial charge >= 0.3 is 0 Å². The minimum atomic E-state index is -0.133. The Bertz CT molecular complexity index is 1030. The Morgan fingerprint density at radius 1 is 1.28 bits per heavy atom. The number of nitrogens with one attached hydrogen (secondary N) is 2. The minimum Gasteiger partial charge on any atom is -0.493 e. The van der Waals surface area contributed by atoms with Crippen molar-refractivity contribution in [3.8, 4) is 11.5 Å². The Labute approximate surface area is 171 Å². The van der Waals surface area contributed by atoms with Gasteiger partial charge in [-0.1, -0.05) is 11.8 Å². The van der Waals surface area contributed by atoms with Crippen LogP contribution in [0.4, 0.5) is 5.95 Å². The van der Waals surface area contributed by atoms with Crippen LogP contribution >= 0.6 is 11.8 Å². The summed E-state index contributed by atoms with van der Waals surface area (Å²) in [6, 6.07) is 7.30. The van der Waals surface area contributed by atoms with Gasteiger partial charge in [-0.3, -0.25) is 4.79 Å². The van der Waals surface area contributed by atoms with E-state index in [1.54, 1.807) is 32.6 Å². The van der Waals surface area contributed by atoms with Crippen molar-refractivity contribution in [2.45, 2.75) is 19.0 Å². The lowest BCUT2D eigenvalue weighted by atomic mass is 10.2. The van der Waals surface area contributed by atoms with Crippen LogP contribution in [0.2, 0.25) is 0 Å². The molecule has 11 heteroatoms. The van der Waals surface area contributed by atoms with Gasteiger partial charge in [0.1, 0.15) is 0 Å². The third-order valence-electron chi connectivity index (χ3n) is 3.83. The molecule has 152 valence electrons. The highest BCUT2D eigenvalue weighted by Crippen LogP contribution is 2.26. The van der Waals surface area contributed by atoms with Crippen LogP contribution in [0.25, 0.3) is 0 Å². The number of methoxy groups -OCH3 is 2. The highest BCUT2D eigenvalue weighted by atomic mass is 32.2. The zero-order valence-corrected chi connectivity index (χ0v) is 17.3. The number of hydrogen-bond acceptors (Lipinski definition) is 9. The molecule has 1 aromatic carbocycles. The van der Waals surface area contributed by atoms with Gasteiger partial charge in [0.25, 0.3) is 5.91 Å². The number of carbonyl (C=O) groups is 1. The predicted molar refractivity (Wildman–Crippen MR) is 110 cm³/mol. The van der Waals surface area contributed by atoms with E-state index in [0.717, 1.165) is 17.0 Å². The number of hydrogen-bond donors (Lipinski definition) is 2. The molecule has 3 aromatic rings. The van der Waals surface area contributed by atoms with E-state index in [1.165, 1.54) is 16.4 Å². The normalized spacial score (nSPS) is 11.0. The smallest absolute Gasteiger partial charge is 0.257 e. The first kappa shape index (κ1) is 20.4. The average molecular weight is 415 g/mol. The van der Waals surface area contributed by atoms with Gasteiger partial charge in [0.05, 0.1) is 31.9 Å². The Balaban J connectivity index is 1.54. The predicted octanol–water partition coefficient (Wildman–Crippen LogP) is 2.51. The molecule has 2 heterocycles. The summed E-state index contributed by atoms with van der Waals surface area (Å²) in [6.45, 7) is 3.69. The first-order chi connectivity index (χ1) is 14.0. The van der Waals surface area contributed by atoms with Gasteiger partial charge in [-0.25, -0.2) is 15.2 Å². The molecule has 2 N–H and O–H groups in total. The van der Waals surface area contributed by atoms with Crippen molar-refractivity contribution in [1.29, 1.82) is 0 Å². The number of aryl methyl sites for hydroxylation is 2. The van der Waals surface area contributed by atoms with Crippen molar-refractivity contribution >= 4 is 29.8 Å². The summed E-state index contributed by atoms with van der Waals surface area (Å²) in [5.41, 5.74) is 5.19. The number of anilines is 1. The molecule has 2 aromatic heterocycles. The maximum atomic E-state index is 12.2.